The van der Waals surface area contributed by atoms with E-state index in [9.17, 15) is 44.0 Å². The lowest BCUT2D eigenvalue weighted by Crippen LogP contribution is -2.10. The van der Waals surface area contributed by atoms with Gasteiger partial charge in [-0.05, 0) is 176 Å². The second-order valence-corrected chi connectivity index (χ2v) is 20.4. The highest BCUT2D eigenvalue weighted by molar-refractivity contribution is 7.86. The number of phenols is 1. The first-order valence-electron chi connectivity index (χ1n) is 20.2. The van der Waals surface area contributed by atoms with E-state index >= 15 is 0 Å². The van der Waals surface area contributed by atoms with Crippen LogP contribution in [-0.2, 0) is 30.4 Å². The topological polar surface area (TPSA) is 229 Å². The van der Waals surface area contributed by atoms with Crippen LogP contribution in [0.25, 0.3) is 0 Å². The molecular formula is C48H50O15S3. The van der Waals surface area contributed by atoms with Gasteiger partial charge in [-0.25, -0.2) is 0 Å². The molecule has 0 aliphatic heterocycles. The van der Waals surface area contributed by atoms with Crippen molar-refractivity contribution in [3.63, 3.8) is 0 Å². The van der Waals surface area contributed by atoms with E-state index in [1.807, 2.05) is 0 Å². The Balaban J connectivity index is 1.40. The van der Waals surface area contributed by atoms with Crippen molar-refractivity contribution in [2.24, 2.45) is 0 Å². The minimum atomic E-state index is -5.17. The Bertz CT molecular complexity index is 3270. The van der Waals surface area contributed by atoms with Gasteiger partial charge < -0.3 is 28.8 Å². The van der Waals surface area contributed by atoms with Crippen molar-refractivity contribution >= 4 is 30.4 Å². The van der Waals surface area contributed by atoms with Crippen LogP contribution in [-0.4, -0.2) is 44.0 Å². The molecule has 0 aliphatic carbocycles. The smallest absolute Gasteiger partial charge is 0.298 e. The van der Waals surface area contributed by atoms with Crippen molar-refractivity contribution in [3.05, 3.63) is 127 Å². The zero-order valence-corrected chi connectivity index (χ0v) is 40.7. The van der Waals surface area contributed by atoms with Crippen LogP contribution < -0.4 is 23.7 Å². The molecule has 6 aromatic carbocycles. The Kier molecular flexibility index (Phi) is 13.4. The van der Waals surface area contributed by atoms with Crippen molar-refractivity contribution in [3.8, 4) is 63.2 Å². The molecule has 350 valence electrons. The van der Waals surface area contributed by atoms with Gasteiger partial charge in [0.2, 0.25) is 0 Å². The maximum atomic E-state index is 13.1. The summed E-state index contributed by atoms with van der Waals surface area (Å²) in [5, 5.41) is 10.2. The molecule has 0 unspecified atom stereocenters. The fourth-order valence-corrected chi connectivity index (χ4v) is 10.5. The molecule has 0 bridgehead atoms. The lowest BCUT2D eigenvalue weighted by molar-refractivity contribution is 0.416. The number of hydrogen-bond donors (Lipinski definition) is 4. The molecule has 0 heterocycles. The number of aromatic hydroxyl groups is 1. The normalized spacial score (nSPS) is 12.0. The predicted molar refractivity (Wildman–Crippen MR) is 247 cm³/mol. The molecule has 0 spiro atoms. The third-order valence-corrected chi connectivity index (χ3v) is 14.1. The monoisotopic (exact) mass is 962 g/mol. The summed E-state index contributed by atoms with van der Waals surface area (Å²) in [5.74, 6) is 0.487. The summed E-state index contributed by atoms with van der Waals surface area (Å²) < 4.78 is 141. The third kappa shape index (κ3) is 9.84. The van der Waals surface area contributed by atoms with E-state index in [4.69, 9.17) is 23.7 Å². The first-order valence-corrected chi connectivity index (χ1v) is 24.5. The van der Waals surface area contributed by atoms with Gasteiger partial charge in [-0.1, -0.05) is 18.2 Å². The number of phenolic OH excluding ortho intramolecular Hbond substituents is 1. The van der Waals surface area contributed by atoms with Crippen LogP contribution in [0.15, 0.2) is 75.4 Å². The maximum Gasteiger partial charge on any atom is 0.298 e. The van der Waals surface area contributed by atoms with E-state index < -0.39 is 56.5 Å². The minimum absolute atomic E-state index is 0.0472. The van der Waals surface area contributed by atoms with E-state index in [0.29, 0.717) is 61.9 Å². The van der Waals surface area contributed by atoms with Crippen molar-refractivity contribution in [1.29, 1.82) is 0 Å². The van der Waals surface area contributed by atoms with Crippen molar-refractivity contribution < 1.29 is 67.7 Å². The van der Waals surface area contributed by atoms with E-state index in [1.165, 1.54) is 45.9 Å². The number of para-hydroxylation sites is 1. The van der Waals surface area contributed by atoms with E-state index in [2.05, 4.69) is 0 Å². The summed E-state index contributed by atoms with van der Waals surface area (Å²) in [6, 6.07) is 15.9. The highest BCUT2D eigenvalue weighted by Gasteiger charge is 2.32. The first kappa shape index (κ1) is 49.3. The highest BCUT2D eigenvalue weighted by Crippen LogP contribution is 2.48. The van der Waals surface area contributed by atoms with Crippen molar-refractivity contribution in [2.75, 3.05) is 0 Å². The summed E-state index contributed by atoms with van der Waals surface area (Å²) in [7, 11) is -15.2. The van der Waals surface area contributed by atoms with Crippen molar-refractivity contribution in [2.45, 2.75) is 97.8 Å². The fourth-order valence-electron chi connectivity index (χ4n) is 8.03. The molecule has 6 aromatic rings. The predicted octanol–water partition coefficient (Wildman–Crippen LogP) is 11.8. The van der Waals surface area contributed by atoms with E-state index in [-0.39, 0.29) is 56.6 Å². The molecule has 0 aliphatic rings. The zero-order valence-electron chi connectivity index (χ0n) is 38.3. The lowest BCUT2D eigenvalue weighted by atomic mass is 10.1. The Morgan fingerprint density at radius 3 is 0.939 bits per heavy atom. The zero-order chi connectivity index (χ0) is 49.1. The highest BCUT2D eigenvalue weighted by atomic mass is 32.2. The van der Waals surface area contributed by atoms with Crippen LogP contribution in [0.4, 0.5) is 0 Å². The van der Waals surface area contributed by atoms with Crippen LogP contribution >= 0.6 is 0 Å². The summed E-state index contributed by atoms with van der Waals surface area (Å²) >= 11 is 0. The lowest BCUT2D eigenvalue weighted by Gasteiger charge is -2.23. The molecular weight excluding hydrogens is 913 g/mol. The van der Waals surface area contributed by atoms with E-state index in [0.717, 1.165) is 0 Å². The minimum Gasteiger partial charge on any atom is -0.507 e. The molecule has 0 radical (unpaired) electrons. The summed E-state index contributed by atoms with van der Waals surface area (Å²) in [6.45, 7) is 19.3. The molecule has 66 heavy (non-hydrogen) atoms. The van der Waals surface area contributed by atoms with E-state index in [1.54, 1.807) is 97.9 Å². The van der Waals surface area contributed by atoms with Gasteiger partial charge in [0.05, 0.1) is 0 Å². The SMILES string of the molecule is Cc1cc(Oc2c(C)cc(Oc3c(C)cc(Oc4c(C)cc(Oc5c(C)cc(Oc6c(C)cccc6C)c(S(=O)(=O)O)c5C)c(S(=O)(=O)O)c4C)c(S(=O)(=O)O)c3C)cc2C)cc(C)c1O. The third-order valence-electron chi connectivity index (χ3n) is 11.0. The molecule has 6 rings (SSSR count). The molecule has 0 fully saturated rings. The van der Waals surface area contributed by atoms with Gasteiger partial charge in [0.15, 0.2) is 0 Å². The first-order chi connectivity index (χ1) is 30.5. The van der Waals surface area contributed by atoms with Gasteiger partial charge in [-0.2, -0.15) is 25.3 Å². The Morgan fingerprint density at radius 1 is 0.348 bits per heavy atom. The molecule has 0 saturated heterocycles. The van der Waals surface area contributed by atoms with Crippen molar-refractivity contribution in [1.82, 2.24) is 0 Å². The molecule has 0 amide bonds. The average Bonchev–Trinajstić information content (AvgIpc) is 3.16. The summed E-state index contributed by atoms with van der Waals surface area (Å²) in [5.41, 5.74) is 4.37. The Morgan fingerprint density at radius 2 is 0.606 bits per heavy atom. The second-order valence-electron chi connectivity index (χ2n) is 16.4. The number of aryl methyl sites for hydroxylation is 9. The molecule has 0 atom stereocenters. The maximum absolute atomic E-state index is 13.1. The molecule has 0 aromatic heterocycles. The fraction of sp³-hybridized carbons (Fsp3) is 0.250. The van der Waals surface area contributed by atoms with Gasteiger partial charge in [0.25, 0.3) is 30.4 Å². The second kappa shape index (κ2) is 17.9. The van der Waals surface area contributed by atoms with Gasteiger partial charge in [0.1, 0.15) is 77.9 Å². The Hall–Kier alpha value is -6.15. The van der Waals surface area contributed by atoms with Gasteiger partial charge in [-0.15, -0.1) is 0 Å². The molecule has 18 heteroatoms. The van der Waals surface area contributed by atoms with Gasteiger partial charge >= 0.3 is 0 Å². The summed E-state index contributed by atoms with van der Waals surface area (Å²) in [6.07, 6.45) is 0. The molecule has 0 saturated carbocycles. The quantitative estimate of drug-likeness (QED) is 0.0789. The number of hydrogen-bond acceptors (Lipinski definition) is 12. The molecule has 15 nitrogen and oxygen atoms in total. The Labute approximate surface area is 384 Å². The van der Waals surface area contributed by atoms with Crippen LogP contribution in [0.1, 0.15) is 66.8 Å². The van der Waals surface area contributed by atoms with Crippen LogP contribution in [0, 0.1) is 83.1 Å². The molecule has 4 N–H and O–H groups in total. The van der Waals surface area contributed by atoms with Crippen LogP contribution in [0.2, 0.25) is 0 Å². The van der Waals surface area contributed by atoms with Gasteiger partial charge in [-0.3, -0.25) is 13.7 Å². The standard InChI is InChI=1S/C48H50O15S3/c1-23-14-13-15-24(2)41(23)61-37-21-30(8)44(33(11)47(37)65(53,54)55)63-39-22-31(9)45(34(12)48(39)66(56,57)58)62-38-20-29(7)43(32(10)46(38)64(50,51)52)60-36-18-27(5)42(28(6)19-36)59-35-16-25(3)40(49)26(4)17-35/h13-22,49H,1-12H3,(H,50,51,52)(H,53,54,55)(H,56,57,58). The van der Waals surface area contributed by atoms with Gasteiger partial charge in [0, 0.05) is 16.7 Å². The van der Waals surface area contributed by atoms with Crippen LogP contribution in [0.5, 0.6) is 63.2 Å². The largest absolute Gasteiger partial charge is 0.507 e. The number of ether oxygens (including phenoxy) is 5. The number of rotatable bonds is 13. The average molecular weight is 963 g/mol. The summed E-state index contributed by atoms with van der Waals surface area (Å²) in [4.78, 5) is -2.13. The number of benzene rings is 6. The van der Waals surface area contributed by atoms with Crippen LogP contribution in [0.3, 0.4) is 0 Å².